The molecular weight excluding hydrogens is 522 g/mol. The Balaban J connectivity index is 0.000000723. The minimum atomic E-state index is 0.161. The lowest BCUT2D eigenvalue weighted by molar-refractivity contribution is -0.638. The van der Waals surface area contributed by atoms with Crippen LogP contribution in [0.5, 0.6) is 0 Å². The SMILES string of the molecule is C#C.C#C.C#C.C1CCCCC1.CCCc1nc(CC)sc1[C@@H]1C[NH2+]CC1C(=O)N1CCCCC1.c1ccccc1. The van der Waals surface area contributed by atoms with Crippen molar-refractivity contribution in [2.24, 2.45) is 5.92 Å². The summed E-state index contributed by atoms with van der Waals surface area (Å²) in [5.41, 5.74) is 1.27. The summed E-state index contributed by atoms with van der Waals surface area (Å²) in [7, 11) is 0. The van der Waals surface area contributed by atoms with E-state index in [1.165, 1.54) is 73.4 Å². The standard InChI is InChI=1S/C18H29N3OS.C6H12.C6H6.3C2H2/c1-3-8-15-17(23-16(4-2)20-15)13-11-19-12-14(13)18(22)21-9-6-5-7-10-21;2*1-2-4-6-5-3-1;3*1-2/h13-14,19H,3-12H2,1-2H3;1-6H2;1-6H;3*1-2H/p+1/t13-,14?;;;;;/m1...../s1. The van der Waals surface area contributed by atoms with Crippen LogP contribution in [0.4, 0.5) is 0 Å². The highest BCUT2D eigenvalue weighted by Crippen LogP contribution is 2.35. The molecular formula is C36H54N3OS+. The Morgan fingerprint density at radius 2 is 1.27 bits per heavy atom. The number of terminal acetylenes is 3. The predicted molar refractivity (Wildman–Crippen MR) is 178 cm³/mol. The first-order valence-electron chi connectivity index (χ1n) is 15.3. The van der Waals surface area contributed by atoms with Crippen molar-refractivity contribution in [3.63, 3.8) is 0 Å². The zero-order valence-corrected chi connectivity index (χ0v) is 26.5. The number of benzene rings is 1. The van der Waals surface area contributed by atoms with E-state index < -0.39 is 0 Å². The van der Waals surface area contributed by atoms with Crippen LogP contribution < -0.4 is 5.32 Å². The zero-order chi connectivity index (χ0) is 30.7. The van der Waals surface area contributed by atoms with Crippen molar-refractivity contribution >= 4 is 17.2 Å². The molecule has 224 valence electrons. The van der Waals surface area contributed by atoms with Gasteiger partial charge in [0, 0.05) is 18.0 Å². The summed E-state index contributed by atoms with van der Waals surface area (Å²) in [4.78, 5) is 21.4. The van der Waals surface area contributed by atoms with Crippen LogP contribution in [0.25, 0.3) is 0 Å². The summed E-state index contributed by atoms with van der Waals surface area (Å²) < 4.78 is 0. The Kier molecular flexibility index (Phi) is 24.0. The number of amides is 1. The molecule has 2 saturated heterocycles. The first kappa shape index (κ1) is 38.0. The van der Waals surface area contributed by atoms with Gasteiger partial charge in [-0.05, 0) is 32.1 Å². The molecule has 1 unspecified atom stereocenters. The zero-order valence-electron chi connectivity index (χ0n) is 25.7. The molecule has 0 bridgehead atoms. The minimum absolute atomic E-state index is 0.161. The van der Waals surface area contributed by atoms with Crippen LogP contribution in [-0.4, -0.2) is 42.0 Å². The van der Waals surface area contributed by atoms with Crippen LogP contribution >= 0.6 is 11.3 Å². The number of nitrogens with zero attached hydrogens (tertiary/aromatic N) is 2. The molecule has 3 aliphatic rings. The second-order valence-corrected chi connectivity index (χ2v) is 11.3. The second-order valence-electron chi connectivity index (χ2n) is 10.2. The first-order chi connectivity index (χ1) is 20.2. The number of likely N-dealkylation sites (tertiary alicyclic amines) is 1. The molecule has 5 heteroatoms. The minimum Gasteiger partial charge on any atom is -0.345 e. The van der Waals surface area contributed by atoms with Gasteiger partial charge in [-0.1, -0.05) is 95.2 Å². The van der Waals surface area contributed by atoms with Crippen LogP contribution in [0.1, 0.15) is 99.6 Å². The lowest BCUT2D eigenvalue weighted by Gasteiger charge is -2.29. The number of hydrogen-bond donors (Lipinski definition) is 1. The van der Waals surface area contributed by atoms with Crippen LogP contribution in [0.2, 0.25) is 0 Å². The molecule has 3 fully saturated rings. The van der Waals surface area contributed by atoms with Gasteiger partial charge in [0.05, 0.1) is 29.7 Å². The van der Waals surface area contributed by atoms with Gasteiger partial charge in [-0.25, -0.2) is 4.98 Å². The van der Waals surface area contributed by atoms with Crippen LogP contribution in [0.15, 0.2) is 36.4 Å². The number of carbonyl (C=O) groups excluding carboxylic acids is 1. The average Bonchev–Trinajstić information content (AvgIpc) is 3.74. The summed E-state index contributed by atoms with van der Waals surface area (Å²) in [6.45, 7) is 8.32. The van der Waals surface area contributed by atoms with Crippen LogP contribution in [0, 0.1) is 44.5 Å². The van der Waals surface area contributed by atoms with E-state index in [-0.39, 0.29) is 5.92 Å². The number of hydrogen-bond acceptors (Lipinski definition) is 3. The van der Waals surface area contributed by atoms with E-state index in [0.717, 1.165) is 45.4 Å². The Bertz CT molecular complexity index is 900. The maximum Gasteiger partial charge on any atom is 0.232 e. The summed E-state index contributed by atoms with van der Waals surface area (Å²) in [6, 6.07) is 12.0. The van der Waals surface area contributed by atoms with E-state index in [4.69, 9.17) is 4.98 Å². The fourth-order valence-corrected chi connectivity index (χ4v) is 6.64. The molecule has 41 heavy (non-hydrogen) atoms. The molecule has 1 saturated carbocycles. The third-order valence-corrected chi connectivity index (χ3v) is 8.75. The lowest BCUT2D eigenvalue weighted by atomic mass is 9.91. The highest BCUT2D eigenvalue weighted by molar-refractivity contribution is 7.11. The third kappa shape index (κ3) is 14.4. The van der Waals surface area contributed by atoms with Crippen molar-refractivity contribution in [1.29, 1.82) is 0 Å². The Morgan fingerprint density at radius 1 is 0.805 bits per heavy atom. The van der Waals surface area contributed by atoms with Crippen molar-refractivity contribution in [2.45, 2.75) is 96.8 Å². The van der Waals surface area contributed by atoms with E-state index in [1.54, 1.807) is 0 Å². The fourth-order valence-electron chi connectivity index (χ4n) is 5.41. The van der Waals surface area contributed by atoms with Gasteiger partial charge in [-0.2, -0.15) is 0 Å². The Morgan fingerprint density at radius 3 is 1.71 bits per heavy atom. The van der Waals surface area contributed by atoms with Gasteiger partial charge in [0.1, 0.15) is 5.92 Å². The monoisotopic (exact) mass is 576 g/mol. The lowest BCUT2D eigenvalue weighted by Crippen LogP contribution is -2.81. The number of thiazole rings is 1. The van der Waals surface area contributed by atoms with Crippen molar-refractivity contribution in [1.82, 2.24) is 9.88 Å². The van der Waals surface area contributed by atoms with Gasteiger partial charge in [-0.3, -0.25) is 4.79 Å². The average molecular weight is 577 g/mol. The first-order valence-corrected chi connectivity index (χ1v) is 16.1. The van der Waals surface area contributed by atoms with Gasteiger partial charge < -0.3 is 10.2 Å². The highest BCUT2D eigenvalue weighted by Gasteiger charge is 2.41. The van der Waals surface area contributed by atoms with Crippen molar-refractivity contribution in [3.05, 3.63) is 52.0 Å². The van der Waals surface area contributed by atoms with E-state index >= 15 is 0 Å². The molecule has 5 rings (SSSR count). The normalized spacial score (nSPS) is 18.9. The molecule has 0 radical (unpaired) electrons. The van der Waals surface area contributed by atoms with Crippen LogP contribution in [0.3, 0.4) is 0 Å². The largest absolute Gasteiger partial charge is 0.345 e. The Hall–Kier alpha value is -3.04. The molecule has 2 N–H and O–H groups in total. The number of nitrogens with two attached hydrogens (primary N) is 1. The van der Waals surface area contributed by atoms with Crippen molar-refractivity contribution in [2.75, 3.05) is 26.2 Å². The van der Waals surface area contributed by atoms with Gasteiger partial charge in [-0.15, -0.1) is 49.9 Å². The van der Waals surface area contributed by atoms with Crippen molar-refractivity contribution in [3.8, 4) is 38.5 Å². The number of rotatable bonds is 5. The third-order valence-electron chi connectivity index (χ3n) is 7.38. The number of quaternary nitrogens is 1. The number of aryl methyl sites for hydroxylation is 2. The van der Waals surface area contributed by atoms with Crippen LogP contribution in [-0.2, 0) is 17.6 Å². The molecule has 2 aliphatic heterocycles. The predicted octanol–water partition coefficient (Wildman–Crippen LogP) is 6.72. The van der Waals surface area contributed by atoms with E-state index in [2.05, 4.69) is 62.6 Å². The number of carbonyl (C=O) groups is 1. The number of piperidine rings is 1. The maximum absolute atomic E-state index is 13.0. The molecule has 1 aliphatic carbocycles. The van der Waals surface area contributed by atoms with Gasteiger partial charge in [0.2, 0.25) is 5.91 Å². The van der Waals surface area contributed by atoms with Gasteiger partial charge in [0.15, 0.2) is 0 Å². The van der Waals surface area contributed by atoms with E-state index in [0.29, 0.717) is 11.8 Å². The quantitative estimate of drug-likeness (QED) is 0.402. The van der Waals surface area contributed by atoms with Gasteiger partial charge in [0.25, 0.3) is 0 Å². The summed E-state index contributed by atoms with van der Waals surface area (Å²) >= 11 is 1.86. The maximum atomic E-state index is 13.0. The summed E-state index contributed by atoms with van der Waals surface area (Å²) in [5.74, 6) is 0.940. The summed E-state index contributed by atoms with van der Waals surface area (Å²) in [5, 5.41) is 3.57. The molecule has 2 atom stereocenters. The van der Waals surface area contributed by atoms with Crippen molar-refractivity contribution < 1.29 is 10.1 Å². The smallest absolute Gasteiger partial charge is 0.232 e. The Labute approximate surface area is 256 Å². The second kappa shape index (κ2) is 25.9. The van der Waals surface area contributed by atoms with Gasteiger partial charge >= 0.3 is 0 Å². The molecule has 4 nitrogen and oxygen atoms in total. The molecule has 1 amide bonds. The number of aromatic nitrogens is 1. The molecule has 1 aromatic carbocycles. The summed E-state index contributed by atoms with van der Waals surface area (Å²) in [6.07, 6.45) is 39.8. The fraction of sp³-hybridized carbons (Fsp3) is 0.556. The van der Waals surface area contributed by atoms with E-state index in [9.17, 15) is 4.79 Å². The molecule has 1 aromatic heterocycles. The molecule has 3 heterocycles. The topological polar surface area (TPSA) is 49.8 Å². The highest BCUT2D eigenvalue weighted by atomic mass is 32.1. The molecule has 0 spiro atoms. The molecule has 2 aromatic rings. The van der Waals surface area contributed by atoms with E-state index in [1.807, 2.05) is 47.7 Å².